The third kappa shape index (κ3) is 3.14. The van der Waals surface area contributed by atoms with Crippen LogP contribution in [0.25, 0.3) is 16.3 Å². The highest BCUT2D eigenvalue weighted by atomic mass is 32.1. The van der Waals surface area contributed by atoms with Gasteiger partial charge in [0.2, 0.25) is 5.91 Å². The van der Waals surface area contributed by atoms with Gasteiger partial charge in [-0.2, -0.15) is 0 Å². The number of hydrogen-bond donors (Lipinski definition) is 1. The lowest BCUT2D eigenvalue weighted by Crippen LogP contribution is -2.09. The summed E-state index contributed by atoms with van der Waals surface area (Å²) in [7, 11) is 0. The van der Waals surface area contributed by atoms with Crippen LogP contribution in [0.4, 0.5) is 5.69 Å². The first kappa shape index (κ1) is 13.5. The van der Waals surface area contributed by atoms with E-state index < -0.39 is 0 Å². The lowest BCUT2D eigenvalue weighted by atomic mass is 10.2. The van der Waals surface area contributed by atoms with E-state index in [1.54, 1.807) is 29.8 Å². The quantitative estimate of drug-likeness (QED) is 0.750. The Morgan fingerprint density at radius 1 is 1.29 bits per heavy atom. The van der Waals surface area contributed by atoms with Gasteiger partial charge in [-0.05, 0) is 36.8 Å². The molecular formula is C16H13N3OS. The predicted octanol–water partition coefficient (Wildman–Crippen LogP) is 3.65. The number of benzene rings is 1. The molecule has 1 N–H and O–H groups in total. The lowest BCUT2D eigenvalue weighted by Gasteiger charge is -2.04. The van der Waals surface area contributed by atoms with Crippen molar-refractivity contribution in [3.63, 3.8) is 0 Å². The number of fused-ring (bicyclic) bond motifs is 1. The second kappa shape index (κ2) is 5.85. The summed E-state index contributed by atoms with van der Waals surface area (Å²) in [6, 6.07) is 9.76. The fraction of sp³-hybridized carbons (Fsp3) is 0.0625. The van der Waals surface area contributed by atoms with Crippen molar-refractivity contribution in [3.05, 3.63) is 59.4 Å². The number of para-hydroxylation sites is 1. The molecule has 3 rings (SSSR count). The van der Waals surface area contributed by atoms with Crippen LogP contribution in [-0.4, -0.2) is 15.9 Å². The second-order valence-electron chi connectivity index (χ2n) is 4.53. The molecule has 0 saturated carbocycles. The maximum absolute atomic E-state index is 11.9. The average molecular weight is 295 g/mol. The van der Waals surface area contributed by atoms with Gasteiger partial charge in [0.15, 0.2) is 0 Å². The predicted molar refractivity (Wildman–Crippen MR) is 86.3 cm³/mol. The van der Waals surface area contributed by atoms with E-state index in [4.69, 9.17) is 0 Å². The van der Waals surface area contributed by atoms with E-state index in [0.29, 0.717) is 0 Å². The van der Waals surface area contributed by atoms with Crippen molar-refractivity contribution in [1.29, 1.82) is 0 Å². The van der Waals surface area contributed by atoms with Gasteiger partial charge in [0.1, 0.15) is 5.01 Å². The normalized spacial score (nSPS) is 11.1. The molecule has 2 heterocycles. The fourth-order valence-electron chi connectivity index (χ4n) is 1.88. The monoisotopic (exact) mass is 295 g/mol. The van der Waals surface area contributed by atoms with Crippen LogP contribution in [0.2, 0.25) is 0 Å². The number of aromatic nitrogens is 2. The fourth-order valence-corrected chi connectivity index (χ4v) is 2.75. The Labute approximate surface area is 126 Å². The molecule has 0 aliphatic heterocycles. The van der Waals surface area contributed by atoms with Gasteiger partial charge < -0.3 is 5.32 Å². The smallest absolute Gasteiger partial charge is 0.248 e. The minimum atomic E-state index is -0.189. The maximum atomic E-state index is 11.9. The van der Waals surface area contributed by atoms with Gasteiger partial charge >= 0.3 is 0 Å². The number of aryl methyl sites for hydroxylation is 1. The summed E-state index contributed by atoms with van der Waals surface area (Å²) in [5, 5.41) is 3.62. The number of nitrogens with one attached hydrogen (secondary N) is 1. The third-order valence-electron chi connectivity index (χ3n) is 2.98. The Balaban J connectivity index is 1.73. The van der Waals surface area contributed by atoms with Crippen molar-refractivity contribution >= 4 is 39.2 Å². The zero-order chi connectivity index (χ0) is 14.7. The van der Waals surface area contributed by atoms with E-state index in [0.717, 1.165) is 26.5 Å². The molecule has 0 bridgehead atoms. The van der Waals surface area contributed by atoms with Crippen LogP contribution < -0.4 is 5.32 Å². The van der Waals surface area contributed by atoms with Gasteiger partial charge in [0, 0.05) is 12.3 Å². The Morgan fingerprint density at radius 2 is 2.14 bits per heavy atom. The lowest BCUT2D eigenvalue weighted by molar-refractivity contribution is -0.111. The Hall–Kier alpha value is -2.53. The first-order chi connectivity index (χ1) is 10.2. The summed E-state index contributed by atoms with van der Waals surface area (Å²) >= 11 is 1.56. The molecular weight excluding hydrogens is 282 g/mol. The number of thiazole rings is 1. The number of carbonyl (C=O) groups excluding carboxylic acids is 1. The van der Waals surface area contributed by atoms with Crippen LogP contribution in [0.1, 0.15) is 10.6 Å². The Bertz CT molecular complexity index is 790. The van der Waals surface area contributed by atoms with Crippen LogP contribution in [0.15, 0.2) is 48.8 Å². The highest BCUT2D eigenvalue weighted by Crippen LogP contribution is 2.22. The highest BCUT2D eigenvalue weighted by molar-refractivity contribution is 7.19. The number of anilines is 1. The molecule has 0 radical (unpaired) electrons. The number of pyridine rings is 1. The van der Waals surface area contributed by atoms with Gasteiger partial charge in [0.05, 0.1) is 22.1 Å². The molecule has 0 aliphatic carbocycles. The molecule has 0 fully saturated rings. The summed E-state index contributed by atoms with van der Waals surface area (Å²) in [6.45, 7) is 1.93. The van der Waals surface area contributed by atoms with Gasteiger partial charge in [-0.15, -0.1) is 11.3 Å². The third-order valence-corrected chi connectivity index (χ3v) is 3.99. The number of amides is 1. The molecule has 0 spiro atoms. The van der Waals surface area contributed by atoms with E-state index in [1.807, 2.05) is 37.3 Å². The van der Waals surface area contributed by atoms with Crippen LogP contribution in [0.3, 0.4) is 0 Å². The van der Waals surface area contributed by atoms with E-state index in [-0.39, 0.29) is 5.91 Å². The molecule has 0 unspecified atom stereocenters. The first-order valence-corrected chi connectivity index (χ1v) is 7.29. The highest BCUT2D eigenvalue weighted by Gasteiger charge is 2.03. The number of carbonyl (C=O) groups is 1. The largest absolute Gasteiger partial charge is 0.321 e. The topological polar surface area (TPSA) is 54.9 Å². The van der Waals surface area contributed by atoms with Crippen LogP contribution in [0, 0.1) is 6.92 Å². The second-order valence-corrected chi connectivity index (χ2v) is 5.60. The van der Waals surface area contributed by atoms with Gasteiger partial charge in [-0.1, -0.05) is 12.1 Å². The van der Waals surface area contributed by atoms with E-state index in [1.165, 1.54) is 6.08 Å². The molecule has 21 heavy (non-hydrogen) atoms. The van der Waals surface area contributed by atoms with E-state index in [2.05, 4.69) is 15.3 Å². The molecule has 0 atom stereocenters. The molecule has 1 amide bonds. The van der Waals surface area contributed by atoms with Gasteiger partial charge in [-0.3, -0.25) is 9.78 Å². The number of rotatable bonds is 3. The molecule has 104 valence electrons. The van der Waals surface area contributed by atoms with Crippen molar-refractivity contribution in [2.75, 3.05) is 5.32 Å². The van der Waals surface area contributed by atoms with Crippen LogP contribution >= 0.6 is 11.3 Å². The molecule has 2 aromatic heterocycles. The van der Waals surface area contributed by atoms with Gasteiger partial charge in [0.25, 0.3) is 0 Å². The molecule has 4 nitrogen and oxygen atoms in total. The van der Waals surface area contributed by atoms with Crippen molar-refractivity contribution in [2.24, 2.45) is 0 Å². The van der Waals surface area contributed by atoms with E-state index >= 15 is 0 Å². The summed E-state index contributed by atoms with van der Waals surface area (Å²) in [6.07, 6.45) is 6.55. The maximum Gasteiger partial charge on any atom is 0.248 e. The summed E-state index contributed by atoms with van der Waals surface area (Å²) in [4.78, 5) is 20.3. The number of nitrogens with zero attached hydrogens (tertiary/aromatic N) is 2. The minimum Gasteiger partial charge on any atom is -0.321 e. The van der Waals surface area contributed by atoms with Crippen molar-refractivity contribution in [1.82, 2.24) is 9.97 Å². The van der Waals surface area contributed by atoms with Crippen molar-refractivity contribution in [2.45, 2.75) is 6.92 Å². The minimum absolute atomic E-state index is 0.189. The van der Waals surface area contributed by atoms with E-state index in [9.17, 15) is 4.79 Å². The zero-order valence-electron chi connectivity index (χ0n) is 11.4. The van der Waals surface area contributed by atoms with Crippen molar-refractivity contribution < 1.29 is 4.79 Å². The van der Waals surface area contributed by atoms with Crippen molar-refractivity contribution in [3.8, 4) is 0 Å². The molecule has 3 aromatic rings. The standard InChI is InChI=1S/C16H13N3OS/c1-11-8-9-17-10-13(11)18-15(20)6-7-16-19-12-4-2-3-5-14(12)21-16/h2-10H,1H3,(H,18,20)/b7-6+. The van der Waals surface area contributed by atoms with Crippen LogP contribution in [0.5, 0.6) is 0 Å². The van der Waals surface area contributed by atoms with Crippen LogP contribution in [-0.2, 0) is 4.79 Å². The zero-order valence-corrected chi connectivity index (χ0v) is 12.2. The molecule has 5 heteroatoms. The molecule has 1 aromatic carbocycles. The first-order valence-electron chi connectivity index (χ1n) is 6.47. The Morgan fingerprint density at radius 3 is 2.95 bits per heavy atom. The molecule has 0 saturated heterocycles. The summed E-state index contributed by atoms with van der Waals surface area (Å²) < 4.78 is 1.11. The summed E-state index contributed by atoms with van der Waals surface area (Å²) in [5.41, 5.74) is 2.65. The SMILES string of the molecule is Cc1ccncc1NC(=O)/C=C/c1nc2ccccc2s1. The van der Waals surface area contributed by atoms with Gasteiger partial charge in [-0.25, -0.2) is 4.98 Å². The molecule has 0 aliphatic rings. The average Bonchev–Trinajstić information content (AvgIpc) is 2.90. The number of hydrogen-bond acceptors (Lipinski definition) is 4. The Kier molecular flexibility index (Phi) is 3.75. The summed E-state index contributed by atoms with van der Waals surface area (Å²) in [5.74, 6) is -0.189.